The molecule has 0 aliphatic carbocycles. The first-order valence-corrected chi connectivity index (χ1v) is 8.22. The van der Waals surface area contributed by atoms with Crippen LogP contribution in [0, 0.1) is 0 Å². The van der Waals surface area contributed by atoms with Gasteiger partial charge in [0.1, 0.15) is 21.2 Å². The lowest BCUT2D eigenvalue weighted by molar-refractivity contribution is 0.413. The molecule has 1 heterocycles. The first-order valence-electron chi connectivity index (χ1n) is 5.93. The number of ether oxygens (including phenoxy) is 2. The van der Waals surface area contributed by atoms with Crippen LogP contribution >= 0.6 is 11.9 Å². The van der Waals surface area contributed by atoms with Crippen molar-refractivity contribution in [3.63, 3.8) is 0 Å². The van der Waals surface area contributed by atoms with Crippen molar-refractivity contribution in [3.8, 4) is 11.5 Å². The number of hydrogen-bond acceptors (Lipinski definition) is 5. The van der Waals surface area contributed by atoms with Gasteiger partial charge in [-0.05, 0) is 36.4 Å². The van der Waals surface area contributed by atoms with E-state index >= 15 is 0 Å². The summed E-state index contributed by atoms with van der Waals surface area (Å²) in [4.78, 5) is 2.25. The highest BCUT2D eigenvalue weighted by Gasteiger charge is 2.26. The Kier molecular flexibility index (Phi) is 3.35. The van der Waals surface area contributed by atoms with Crippen molar-refractivity contribution in [2.75, 3.05) is 14.2 Å². The van der Waals surface area contributed by atoms with Crippen molar-refractivity contribution in [3.05, 3.63) is 42.5 Å². The highest BCUT2D eigenvalue weighted by Crippen LogP contribution is 2.43. The van der Waals surface area contributed by atoms with Gasteiger partial charge in [0, 0.05) is 16.8 Å². The van der Waals surface area contributed by atoms with Gasteiger partial charge < -0.3 is 9.47 Å². The molecule has 0 amide bonds. The van der Waals surface area contributed by atoms with Crippen LogP contribution in [0.15, 0.2) is 60.9 Å². The second kappa shape index (κ2) is 5.03. The lowest BCUT2D eigenvalue weighted by Gasteiger charge is -2.09. The standard InChI is InChI=1S/C14H13NO3S2/c1-17-10-4-3-5-12(8-10)20(16)14-9-11(18-2)6-7-13(14)19-15-20/h3-9H,1-2H3. The lowest BCUT2D eigenvalue weighted by Crippen LogP contribution is -2.00. The summed E-state index contributed by atoms with van der Waals surface area (Å²) in [5.74, 6) is 1.35. The normalized spacial score (nSPS) is 20.1. The fraction of sp³-hybridized carbons (Fsp3) is 0.143. The molecule has 1 aliphatic heterocycles. The molecule has 0 saturated carbocycles. The summed E-state index contributed by atoms with van der Waals surface area (Å²) in [5.41, 5.74) is 0. The Bertz CT molecular complexity index is 780. The molecule has 0 bridgehead atoms. The van der Waals surface area contributed by atoms with Gasteiger partial charge in [0.05, 0.1) is 24.0 Å². The van der Waals surface area contributed by atoms with Gasteiger partial charge in [-0.3, -0.25) is 0 Å². The topological polar surface area (TPSA) is 47.9 Å². The van der Waals surface area contributed by atoms with Crippen LogP contribution in [0.2, 0.25) is 0 Å². The van der Waals surface area contributed by atoms with Gasteiger partial charge in [-0.1, -0.05) is 6.07 Å². The number of rotatable bonds is 3. The van der Waals surface area contributed by atoms with E-state index in [-0.39, 0.29) is 0 Å². The molecule has 3 rings (SSSR count). The molecule has 4 nitrogen and oxygen atoms in total. The molecule has 1 unspecified atom stereocenters. The summed E-state index contributed by atoms with van der Waals surface area (Å²) in [6.07, 6.45) is 0. The molecule has 0 saturated heterocycles. The summed E-state index contributed by atoms with van der Waals surface area (Å²) in [6.45, 7) is 0. The lowest BCUT2D eigenvalue weighted by atomic mass is 10.3. The van der Waals surface area contributed by atoms with Crippen molar-refractivity contribution in [2.24, 2.45) is 3.77 Å². The maximum atomic E-state index is 13.2. The minimum atomic E-state index is -2.63. The minimum absolute atomic E-state index is 0.649. The molecule has 2 aromatic carbocycles. The Morgan fingerprint density at radius 3 is 2.55 bits per heavy atom. The fourth-order valence-electron chi connectivity index (χ4n) is 1.98. The fourth-order valence-corrected chi connectivity index (χ4v) is 5.53. The van der Waals surface area contributed by atoms with E-state index in [1.807, 2.05) is 30.3 Å². The molecular weight excluding hydrogens is 294 g/mol. The van der Waals surface area contributed by atoms with Crippen LogP contribution in [-0.2, 0) is 9.73 Å². The SMILES string of the molecule is COc1cccc(S2(=O)=NSc3ccc(OC)cc32)c1. The third-order valence-electron chi connectivity index (χ3n) is 3.05. The van der Waals surface area contributed by atoms with Crippen LogP contribution < -0.4 is 9.47 Å². The maximum Gasteiger partial charge on any atom is 0.120 e. The van der Waals surface area contributed by atoms with Gasteiger partial charge in [-0.15, -0.1) is 0 Å². The van der Waals surface area contributed by atoms with E-state index in [0.29, 0.717) is 21.3 Å². The third-order valence-corrected chi connectivity index (χ3v) is 6.70. The van der Waals surface area contributed by atoms with Gasteiger partial charge in [-0.25, -0.2) is 4.21 Å². The average molecular weight is 307 g/mol. The Labute approximate surface area is 122 Å². The number of benzene rings is 2. The smallest absolute Gasteiger partial charge is 0.120 e. The van der Waals surface area contributed by atoms with Gasteiger partial charge in [-0.2, -0.15) is 3.77 Å². The number of hydrogen-bond donors (Lipinski definition) is 0. The maximum absolute atomic E-state index is 13.2. The zero-order valence-corrected chi connectivity index (χ0v) is 12.7. The van der Waals surface area contributed by atoms with Gasteiger partial charge in [0.25, 0.3) is 0 Å². The van der Waals surface area contributed by atoms with Crippen molar-refractivity contribution in [1.29, 1.82) is 0 Å². The van der Waals surface area contributed by atoms with Gasteiger partial charge in [0.2, 0.25) is 0 Å². The van der Waals surface area contributed by atoms with Crippen molar-refractivity contribution in [2.45, 2.75) is 14.7 Å². The predicted molar refractivity (Wildman–Crippen MR) is 78.9 cm³/mol. The summed E-state index contributed by atoms with van der Waals surface area (Å²) < 4.78 is 27.9. The van der Waals surface area contributed by atoms with E-state index in [4.69, 9.17) is 9.47 Å². The van der Waals surface area contributed by atoms with Crippen molar-refractivity contribution in [1.82, 2.24) is 0 Å². The second-order valence-electron chi connectivity index (χ2n) is 4.18. The monoisotopic (exact) mass is 307 g/mol. The van der Waals surface area contributed by atoms with Crippen LogP contribution in [0.4, 0.5) is 0 Å². The van der Waals surface area contributed by atoms with E-state index < -0.39 is 9.73 Å². The van der Waals surface area contributed by atoms with Crippen LogP contribution in [0.5, 0.6) is 11.5 Å². The predicted octanol–water partition coefficient (Wildman–Crippen LogP) is 3.61. The summed E-state index contributed by atoms with van der Waals surface area (Å²) in [7, 11) is 0.549. The Hall–Kier alpha value is -1.66. The van der Waals surface area contributed by atoms with E-state index in [0.717, 1.165) is 4.90 Å². The highest BCUT2D eigenvalue weighted by molar-refractivity contribution is 8.10. The molecule has 20 heavy (non-hydrogen) atoms. The Balaban J connectivity index is 2.18. The molecule has 0 radical (unpaired) electrons. The van der Waals surface area contributed by atoms with Crippen LogP contribution in [0.25, 0.3) is 0 Å². The summed E-state index contributed by atoms with van der Waals surface area (Å²) in [5, 5.41) is 0. The van der Waals surface area contributed by atoms with Gasteiger partial charge in [0.15, 0.2) is 0 Å². The van der Waals surface area contributed by atoms with E-state index in [1.165, 1.54) is 11.9 Å². The molecular formula is C14H13NO3S2. The van der Waals surface area contributed by atoms with E-state index in [2.05, 4.69) is 3.77 Å². The molecule has 0 N–H and O–H groups in total. The van der Waals surface area contributed by atoms with Crippen LogP contribution in [-0.4, -0.2) is 18.4 Å². The molecule has 0 spiro atoms. The van der Waals surface area contributed by atoms with Gasteiger partial charge >= 0.3 is 0 Å². The summed E-state index contributed by atoms with van der Waals surface area (Å²) >= 11 is 1.26. The zero-order valence-electron chi connectivity index (χ0n) is 11.0. The van der Waals surface area contributed by atoms with Crippen molar-refractivity contribution < 1.29 is 13.7 Å². The number of methoxy groups -OCH3 is 2. The Morgan fingerprint density at radius 2 is 1.80 bits per heavy atom. The van der Waals surface area contributed by atoms with Crippen LogP contribution in [0.1, 0.15) is 0 Å². The number of nitrogens with zero attached hydrogens (tertiary/aromatic N) is 1. The molecule has 1 atom stereocenters. The molecule has 2 aromatic rings. The van der Waals surface area contributed by atoms with E-state index in [9.17, 15) is 4.21 Å². The molecule has 104 valence electrons. The van der Waals surface area contributed by atoms with Crippen molar-refractivity contribution >= 4 is 21.7 Å². The summed E-state index contributed by atoms with van der Waals surface area (Å²) in [6, 6.07) is 12.7. The third kappa shape index (κ3) is 2.05. The molecule has 0 aromatic heterocycles. The van der Waals surface area contributed by atoms with Crippen LogP contribution in [0.3, 0.4) is 0 Å². The second-order valence-corrected chi connectivity index (χ2v) is 7.36. The molecule has 0 fully saturated rings. The zero-order chi connectivity index (χ0) is 14.2. The first kappa shape index (κ1) is 13.3. The molecule has 6 heteroatoms. The highest BCUT2D eigenvalue weighted by atomic mass is 32.2. The largest absolute Gasteiger partial charge is 0.497 e. The first-order chi connectivity index (χ1) is 9.67. The minimum Gasteiger partial charge on any atom is -0.497 e. The van der Waals surface area contributed by atoms with E-state index in [1.54, 1.807) is 26.4 Å². The molecule has 1 aliphatic rings. The quantitative estimate of drug-likeness (QED) is 0.813. The average Bonchev–Trinajstić information content (AvgIpc) is 2.85. The Morgan fingerprint density at radius 1 is 1.05 bits per heavy atom. The number of fused-ring (bicyclic) bond motifs is 1.